The number of aromatic nitrogens is 2. The number of nitrogens with two attached hydrogens (primary N) is 1. The van der Waals surface area contributed by atoms with Gasteiger partial charge < -0.3 is 20.1 Å². The number of rotatable bonds is 18. The predicted molar refractivity (Wildman–Crippen MR) is 183 cm³/mol. The van der Waals surface area contributed by atoms with Gasteiger partial charge in [-0.05, 0) is 48.1 Å². The van der Waals surface area contributed by atoms with Crippen LogP contribution in [0.5, 0.6) is 5.75 Å². The van der Waals surface area contributed by atoms with Crippen molar-refractivity contribution in [1.29, 1.82) is 0 Å². The number of benzene rings is 2. The van der Waals surface area contributed by atoms with E-state index in [1.165, 1.54) is 21.5 Å². The van der Waals surface area contributed by atoms with Gasteiger partial charge in [0.05, 0.1) is 17.9 Å². The molecule has 1 fully saturated rings. The molecule has 0 spiro atoms. The van der Waals surface area contributed by atoms with E-state index in [0.29, 0.717) is 24.8 Å². The lowest BCUT2D eigenvalue weighted by molar-refractivity contribution is -0.149. The topological polar surface area (TPSA) is 163 Å². The largest absolute Gasteiger partial charge is 0.480 e. The van der Waals surface area contributed by atoms with Crippen LogP contribution in [0.3, 0.4) is 0 Å². The van der Waals surface area contributed by atoms with Crippen molar-refractivity contribution in [2.24, 2.45) is 17.3 Å². The lowest BCUT2D eigenvalue weighted by Gasteiger charge is -2.36. The number of carbonyl (C=O) groups is 2. The fourth-order valence-corrected chi connectivity index (χ4v) is 7.30. The normalized spacial score (nSPS) is 18.5. The third kappa shape index (κ3) is 9.43. The van der Waals surface area contributed by atoms with Crippen LogP contribution in [0.25, 0.3) is 6.20 Å². The van der Waals surface area contributed by atoms with Crippen molar-refractivity contribution in [3.63, 3.8) is 0 Å². The van der Waals surface area contributed by atoms with E-state index in [1.54, 1.807) is 50.4 Å². The van der Waals surface area contributed by atoms with Gasteiger partial charge in [0, 0.05) is 18.9 Å². The van der Waals surface area contributed by atoms with Crippen molar-refractivity contribution in [3.05, 3.63) is 94.5 Å². The highest BCUT2D eigenvalue weighted by molar-refractivity contribution is 7.51. The quantitative estimate of drug-likeness (QED) is 0.122. The molecule has 48 heavy (non-hydrogen) atoms. The summed E-state index contributed by atoms with van der Waals surface area (Å²) in [6.07, 6.45) is 4.87. The molecule has 0 aliphatic heterocycles. The second kappa shape index (κ2) is 16.2. The number of hydrogen-bond donors (Lipinski definition) is 2. The summed E-state index contributed by atoms with van der Waals surface area (Å²) in [5.41, 5.74) is 5.54. The lowest BCUT2D eigenvalue weighted by atomic mass is 10.0. The number of hydrogen-bond acceptors (Lipinski definition) is 9. The molecule has 0 radical (unpaired) electrons. The first kappa shape index (κ1) is 36.6. The van der Waals surface area contributed by atoms with Gasteiger partial charge >= 0.3 is 25.4 Å². The third-order valence-electron chi connectivity index (χ3n) is 8.49. The standard InChI is InChI=1S/C35H45N4O8P/c1-5-26(6-2)21-39(30(32(40)41)19-27-13-9-7-10-14-27)48(44,47-29-15-11-8-12-16-29)46-24-35(23-45-33(42)25(3)4)20-28(35)22-38-18-17-31(36)37-34(38)43/h7-18,22,25-26,30H,5-6,19-21,23-24H2,1-4H3,(H,40,41)(H2,36,37,43)/b28-22-/t30-,35?,48-/m0/s1. The first-order valence-corrected chi connectivity index (χ1v) is 17.6. The van der Waals surface area contributed by atoms with Gasteiger partial charge in [0.1, 0.15) is 24.2 Å². The van der Waals surface area contributed by atoms with Gasteiger partial charge in [-0.2, -0.15) is 9.65 Å². The molecular formula is C35H45N4O8P. The van der Waals surface area contributed by atoms with E-state index in [9.17, 15) is 19.5 Å². The summed E-state index contributed by atoms with van der Waals surface area (Å²) in [4.78, 5) is 41.8. The Kier molecular flexibility index (Phi) is 12.4. The van der Waals surface area contributed by atoms with Crippen LogP contribution in [0.4, 0.5) is 5.82 Å². The predicted octanol–water partition coefficient (Wildman–Crippen LogP) is 5.89. The number of carboxylic acid groups (broad SMARTS) is 1. The van der Waals surface area contributed by atoms with E-state index in [2.05, 4.69) is 4.98 Å². The van der Waals surface area contributed by atoms with Crippen molar-refractivity contribution in [2.75, 3.05) is 25.5 Å². The minimum absolute atomic E-state index is 0.0128. The molecule has 0 bridgehead atoms. The molecular weight excluding hydrogens is 635 g/mol. The maximum Gasteiger partial charge on any atom is 0.462 e. The first-order valence-electron chi connectivity index (χ1n) is 16.1. The Labute approximate surface area is 281 Å². The summed E-state index contributed by atoms with van der Waals surface area (Å²) < 4.78 is 36.1. The molecule has 3 atom stereocenters. The van der Waals surface area contributed by atoms with Gasteiger partial charge in [-0.25, -0.2) is 9.36 Å². The Hall–Kier alpha value is -4.25. The maximum absolute atomic E-state index is 15.3. The molecule has 2 aromatic carbocycles. The molecule has 1 aliphatic rings. The average molecular weight is 681 g/mol. The second-order valence-corrected chi connectivity index (χ2v) is 14.3. The molecule has 3 N–H and O–H groups in total. The summed E-state index contributed by atoms with van der Waals surface area (Å²) in [6.45, 7) is 7.19. The second-order valence-electron chi connectivity index (χ2n) is 12.4. The van der Waals surface area contributed by atoms with Gasteiger partial charge in [-0.1, -0.05) is 89.1 Å². The monoisotopic (exact) mass is 680 g/mol. The molecule has 1 aliphatic carbocycles. The van der Waals surface area contributed by atoms with Crippen LogP contribution in [0.15, 0.2) is 83.3 Å². The summed E-state index contributed by atoms with van der Waals surface area (Å²) in [5.74, 6) is -1.69. The lowest BCUT2D eigenvalue weighted by Crippen LogP contribution is -2.44. The minimum atomic E-state index is -4.44. The Morgan fingerprint density at radius 2 is 1.71 bits per heavy atom. The van der Waals surface area contributed by atoms with Gasteiger partial charge in [0.15, 0.2) is 0 Å². The molecule has 0 saturated heterocycles. The van der Waals surface area contributed by atoms with Gasteiger partial charge in [0.25, 0.3) is 0 Å². The van der Waals surface area contributed by atoms with Crippen LogP contribution in [0.1, 0.15) is 52.5 Å². The smallest absolute Gasteiger partial charge is 0.462 e. The summed E-state index contributed by atoms with van der Waals surface area (Å²) in [6, 6.07) is 17.8. The van der Waals surface area contributed by atoms with Crippen LogP contribution in [0.2, 0.25) is 0 Å². The highest BCUT2D eigenvalue weighted by Crippen LogP contribution is 2.60. The molecule has 258 valence electrons. The van der Waals surface area contributed by atoms with E-state index < -0.39 is 42.7 Å². The van der Waals surface area contributed by atoms with Crippen LogP contribution < -0.4 is 15.9 Å². The summed E-state index contributed by atoms with van der Waals surface area (Å²) in [5, 5.41) is 10.6. The van der Waals surface area contributed by atoms with Gasteiger partial charge in [-0.15, -0.1) is 0 Å². The Balaban J connectivity index is 1.76. The Morgan fingerprint density at radius 1 is 1.06 bits per heavy atom. The molecule has 4 rings (SSSR count). The number of nitrogen functional groups attached to an aromatic ring is 1. The van der Waals surface area contributed by atoms with Gasteiger partial charge in [-0.3, -0.25) is 18.7 Å². The number of para-hydroxylation sites is 1. The molecule has 1 aromatic heterocycles. The maximum atomic E-state index is 15.3. The number of carbonyl (C=O) groups excluding carboxylic acids is 1. The Bertz CT molecular complexity index is 1680. The van der Waals surface area contributed by atoms with Crippen molar-refractivity contribution in [1.82, 2.24) is 14.2 Å². The zero-order valence-corrected chi connectivity index (χ0v) is 28.8. The third-order valence-corrected chi connectivity index (χ3v) is 10.5. The zero-order valence-electron chi connectivity index (χ0n) is 27.9. The number of nitrogens with zero attached hydrogens (tertiary/aromatic N) is 3. The number of esters is 1. The molecule has 0 amide bonds. The number of anilines is 1. The van der Waals surface area contributed by atoms with Crippen molar-refractivity contribution in [2.45, 2.75) is 59.4 Å². The Morgan fingerprint density at radius 3 is 2.29 bits per heavy atom. The van der Waals surface area contributed by atoms with E-state index in [-0.39, 0.29) is 43.7 Å². The SMILES string of the molecule is CCC(CC)CN([C@@H](Cc1ccccc1)C(=O)O)[P@](=O)(OCC1(COC(=O)C(C)C)C/C1=C/n1ccc(N)nc1=O)Oc1ccccc1. The molecule has 1 unspecified atom stereocenters. The average Bonchev–Trinajstić information content (AvgIpc) is 3.76. The zero-order chi connectivity index (χ0) is 34.9. The van der Waals surface area contributed by atoms with Crippen LogP contribution >= 0.6 is 7.75 Å². The summed E-state index contributed by atoms with van der Waals surface area (Å²) >= 11 is 0. The molecule has 3 aromatic rings. The number of ether oxygens (including phenoxy) is 1. The molecule has 1 heterocycles. The van der Waals surface area contributed by atoms with Crippen molar-refractivity contribution >= 4 is 31.7 Å². The fourth-order valence-electron chi connectivity index (χ4n) is 5.24. The first-order chi connectivity index (χ1) is 22.9. The van der Waals surface area contributed by atoms with Crippen LogP contribution in [0, 0.1) is 17.3 Å². The van der Waals surface area contributed by atoms with E-state index in [0.717, 1.165) is 5.56 Å². The highest BCUT2D eigenvalue weighted by Gasteiger charge is 2.54. The number of carboxylic acids is 1. The van der Waals surface area contributed by atoms with Crippen molar-refractivity contribution < 1.29 is 33.0 Å². The molecule has 12 nitrogen and oxygen atoms in total. The minimum Gasteiger partial charge on any atom is -0.480 e. The molecule has 1 saturated carbocycles. The number of aliphatic carboxylic acids is 1. The van der Waals surface area contributed by atoms with E-state index in [4.69, 9.17) is 19.5 Å². The summed E-state index contributed by atoms with van der Waals surface area (Å²) in [7, 11) is -4.44. The van der Waals surface area contributed by atoms with E-state index in [1.807, 2.05) is 44.2 Å². The molecule has 13 heteroatoms. The van der Waals surface area contributed by atoms with Gasteiger partial charge in [0.2, 0.25) is 0 Å². The van der Waals surface area contributed by atoms with Crippen LogP contribution in [-0.2, 0) is 29.8 Å². The van der Waals surface area contributed by atoms with Crippen molar-refractivity contribution in [3.8, 4) is 5.75 Å². The van der Waals surface area contributed by atoms with E-state index >= 15 is 4.57 Å². The van der Waals surface area contributed by atoms with Crippen LogP contribution in [-0.4, -0.2) is 57.1 Å². The fraction of sp³-hybridized carbons (Fsp3) is 0.429. The highest BCUT2D eigenvalue weighted by atomic mass is 31.2.